The standard InChI is InChI=1S/C14H17FN2OS/c1-14(2,16)12-9-19-13(17-12)7-8-18-11-5-3-10(15)4-6-11/h3-6,9H,7-8,16H2,1-2H3. The number of aromatic nitrogens is 1. The lowest BCUT2D eigenvalue weighted by molar-refractivity contribution is 0.321. The lowest BCUT2D eigenvalue weighted by Crippen LogP contribution is -2.29. The second kappa shape index (κ2) is 5.67. The van der Waals surface area contributed by atoms with E-state index in [-0.39, 0.29) is 5.82 Å². The Hall–Kier alpha value is -1.46. The van der Waals surface area contributed by atoms with Crippen LogP contribution in [0.1, 0.15) is 24.5 Å². The zero-order valence-corrected chi connectivity index (χ0v) is 11.8. The molecule has 0 saturated heterocycles. The van der Waals surface area contributed by atoms with Gasteiger partial charge < -0.3 is 10.5 Å². The van der Waals surface area contributed by atoms with Crippen LogP contribution in [0.15, 0.2) is 29.6 Å². The Morgan fingerprint density at radius 1 is 1.32 bits per heavy atom. The fourth-order valence-electron chi connectivity index (χ4n) is 1.51. The maximum absolute atomic E-state index is 12.7. The first-order valence-electron chi connectivity index (χ1n) is 6.07. The smallest absolute Gasteiger partial charge is 0.123 e. The monoisotopic (exact) mass is 280 g/mol. The van der Waals surface area contributed by atoms with Gasteiger partial charge in [0.15, 0.2) is 0 Å². The minimum absolute atomic E-state index is 0.262. The van der Waals surface area contributed by atoms with Gasteiger partial charge in [0.05, 0.1) is 22.8 Å². The summed E-state index contributed by atoms with van der Waals surface area (Å²) in [6.45, 7) is 4.38. The van der Waals surface area contributed by atoms with Crippen molar-refractivity contribution in [1.82, 2.24) is 4.98 Å². The van der Waals surface area contributed by atoms with Crippen LogP contribution in [0.3, 0.4) is 0 Å². The third-order valence-electron chi connectivity index (χ3n) is 2.61. The predicted octanol–water partition coefficient (Wildman–Crippen LogP) is 3.10. The molecule has 3 nitrogen and oxygen atoms in total. The van der Waals surface area contributed by atoms with Crippen LogP contribution in [0, 0.1) is 5.82 Å². The van der Waals surface area contributed by atoms with Crippen LogP contribution in [0.2, 0.25) is 0 Å². The van der Waals surface area contributed by atoms with Gasteiger partial charge in [0.1, 0.15) is 11.6 Å². The second-order valence-electron chi connectivity index (χ2n) is 4.90. The predicted molar refractivity (Wildman–Crippen MR) is 74.9 cm³/mol. The SMILES string of the molecule is CC(C)(N)c1csc(CCOc2ccc(F)cc2)n1. The first kappa shape index (κ1) is 14.0. The topological polar surface area (TPSA) is 48.1 Å². The molecule has 2 N–H and O–H groups in total. The molecule has 0 fully saturated rings. The number of hydrogen-bond acceptors (Lipinski definition) is 4. The lowest BCUT2D eigenvalue weighted by Gasteiger charge is -2.14. The number of halogens is 1. The van der Waals surface area contributed by atoms with E-state index >= 15 is 0 Å². The molecule has 2 aromatic rings. The number of rotatable bonds is 5. The van der Waals surface area contributed by atoms with E-state index in [1.165, 1.54) is 12.1 Å². The van der Waals surface area contributed by atoms with E-state index in [1.807, 2.05) is 19.2 Å². The van der Waals surface area contributed by atoms with Gasteiger partial charge in [-0.05, 0) is 38.1 Å². The normalized spacial score (nSPS) is 11.6. The molecular formula is C14H17FN2OS. The lowest BCUT2D eigenvalue weighted by atomic mass is 10.0. The molecule has 1 heterocycles. The summed E-state index contributed by atoms with van der Waals surface area (Å²) in [7, 11) is 0. The molecule has 2 rings (SSSR count). The van der Waals surface area contributed by atoms with Gasteiger partial charge in [0.25, 0.3) is 0 Å². The summed E-state index contributed by atoms with van der Waals surface area (Å²) in [6.07, 6.45) is 0.720. The summed E-state index contributed by atoms with van der Waals surface area (Å²) in [6, 6.07) is 6.00. The van der Waals surface area contributed by atoms with E-state index in [4.69, 9.17) is 10.5 Å². The molecule has 0 aliphatic rings. The Morgan fingerprint density at radius 2 is 2.00 bits per heavy atom. The Morgan fingerprint density at radius 3 is 2.58 bits per heavy atom. The molecule has 5 heteroatoms. The first-order chi connectivity index (χ1) is 8.95. The fourth-order valence-corrected chi connectivity index (χ4v) is 2.47. The number of ether oxygens (including phenoxy) is 1. The minimum Gasteiger partial charge on any atom is -0.493 e. The van der Waals surface area contributed by atoms with Crippen LogP contribution in [-0.2, 0) is 12.0 Å². The van der Waals surface area contributed by atoms with Gasteiger partial charge in [-0.1, -0.05) is 0 Å². The fraction of sp³-hybridized carbons (Fsp3) is 0.357. The van der Waals surface area contributed by atoms with Gasteiger partial charge in [0.2, 0.25) is 0 Å². The number of benzene rings is 1. The van der Waals surface area contributed by atoms with Crippen molar-refractivity contribution >= 4 is 11.3 Å². The zero-order valence-electron chi connectivity index (χ0n) is 11.0. The molecule has 0 radical (unpaired) electrons. The Kier molecular flexibility index (Phi) is 4.17. The van der Waals surface area contributed by atoms with Crippen LogP contribution < -0.4 is 10.5 Å². The number of hydrogen-bond donors (Lipinski definition) is 1. The van der Waals surface area contributed by atoms with Gasteiger partial charge in [-0.2, -0.15) is 0 Å². The highest BCUT2D eigenvalue weighted by Gasteiger charge is 2.17. The van der Waals surface area contributed by atoms with Crippen molar-refractivity contribution in [2.75, 3.05) is 6.61 Å². The van der Waals surface area contributed by atoms with Gasteiger partial charge in [0, 0.05) is 11.8 Å². The molecule has 19 heavy (non-hydrogen) atoms. The van der Waals surface area contributed by atoms with Crippen molar-refractivity contribution in [2.45, 2.75) is 25.8 Å². The molecule has 0 aliphatic heterocycles. The molecule has 0 spiro atoms. The average Bonchev–Trinajstić information content (AvgIpc) is 2.80. The van der Waals surface area contributed by atoms with E-state index in [0.29, 0.717) is 12.4 Å². The third kappa shape index (κ3) is 4.01. The summed E-state index contributed by atoms with van der Waals surface area (Å²) in [5.41, 5.74) is 6.47. The summed E-state index contributed by atoms with van der Waals surface area (Å²) >= 11 is 1.58. The van der Waals surface area contributed by atoms with Crippen molar-refractivity contribution < 1.29 is 9.13 Å². The van der Waals surface area contributed by atoms with Crippen molar-refractivity contribution in [2.24, 2.45) is 5.73 Å². The van der Waals surface area contributed by atoms with Crippen molar-refractivity contribution in [3.8, 4) is 5.75 Å². The summed E-state index contributed by atoms with van der Waals surface area (Å²) in [5.74, 6) is 0.402. The van der Waals surface area contributed by atoms with Crippen molar-refractivity contribution in [1.29, 1.82) is 0 Å². The molecule has 1 aromatic carbocycles. The van der Waals surface area contributed by atoms with E-state index in [0.717, 1.165) is 17.1 Å². The maximum atomic E-state index is 12.7. The molecule has 0 amide bonds. The van der Waals surface area contributed by atoms with Crippen molar-refractivity contribution in [3.63, 3.8) is 0 Å². The van der Waals surface area contributed by atoms with Gasteiger partial charge in [-0.3, -0.25) is 0 Å². The van der Waals surface area contributed by atoms with E-state index in [9.17, 15) is 4.39 Å². The quantitative estimate of drug-likeness (QED) is 0.915. The van der Waals surface area contributed by atoms with Gasteiger partial charge in [-0.15, -0.1) is 11.3 Å². The average molecular weight is 280 g/mol. The van der Waals surface area contributed by atoms with Crippen molar-refractivity contribution in [3.05, 3.63) is 46.2 Å². The highest BCUT2D eigenvalue weighted by Crippen LogP contribution is 2.20. The van der Waals surface area contributed by atoms with Crippen LogP contribution in [-0.4, -0.2) is 11.6 Å². The van der Waals surface area contributed by atoms with E-state index in [2.05, 4.69) is 4.98 Å². The number of nitrogens with two attached hydrogens (primary N) is 1. The van der Waals surface area contributed by atoms with E-state index in [1.54, 1.807) is 23.5 Å². The summed E-state index contributed by atoms with van der Waals surface area (Å²) in [4.78, 5) is 4.48. The number of nitrogens with zero attached hydrogens (tertiary/aromatic N) is 1. The molecule has 1 aromatic heterocycles. The third-order valence-corrected chi connectivity index (χ3v) is 3.52. The van der Waals surface area contributed by atoms with E-state index < -0.39 is 5.54 Å². The second-order valence-corrected chi connectivity index (χ2v) is 5.84. The van der Waals surface area contributed by atoms with Crippen LogP contribution in [0.4, 0.5) is 4.39 Å². The minimum atomic E-state index is -0.410. The molecule has 0 unspecified atom stereocenters. The maximum Gasteiger partial charge on any atom is 0.123 e. The highest BCUT2D eigenvalue weighted by molar-refractivity contribution is 7.09. The summed E-state index contributed by atoms with van der Waals surface area (Å²) < 4.78 is 18.2. The highest BCUT2D eigenvalue weighted by atomic mass is 32.1. The van der Waals surface area contributed by atoms with Crippen LogP contribution >= 0.6 is 11.3 Å². The van der Waals surface area contributed by atoms with Gasteiger partial charge >= 0.3 is 0 Å². The van der Waals surface area contributed by atoms with Gasteiger partial charge in [-0.25, -0.2) is 9.37 Å². The Bertz CT molecular complexity index is 531. The summed E-state index contributed by atoms with van der Waals surface area (Å²) in [5, 5.41) is 2.98. The van der Waals surface area contributed by atoms with Crippen LogP contribution in [0.25, 0.3) is 0 Å². The Balaban J connectivity index is 1.86. The molecular weight excluding hydrogens is 263 g/mol. The molecule has 0 saturated carbocycles. The molecule has 0 aliphatic carbocycles. The Labute approximate surface area is 116 Å². The first-order valence-corrected chi connectivity index (χ1v) is 6.95. The molecule has 0 atom stereocenters. The molecule has 0 bridgehead atoms. The number of thiazole rings is 1. The molecule has 102 valence electrons. The van der Waals surface area contributed by atoms with Crippen LogP contribution in [0.5, 0.6) is 5.75 Å². The largest absolute Gasteiger partial charge is 0.493 e. The zero-order chi connectivity index (χ0) is 13.9.